The van der Waals surface area contributed by atoms with Crippen molar-refractivity contribution in [2.75, 3.05) is 26.2 Å². The topological polar surface area (TPSA) is 50.1 Å². The van der Waals surface area contributed by atoms with Crippen LogP contribution >= 0.6 is 0 Å². The maximum atomic E-state index is 5.50. The first-order valence-electron chi connectivity index (χ1n) is 5.47. The Bertz CT molecular complexity index is 121. The molecule has 0 aromatic rings. The second-order valence-corrected chi connectivity index (χ2v) is 4.12. The highest BCUT2D eigenvalue weighted by Gasteiger charge is 2.12. The molecule has 0 aromatic heterocycles. The van der Waals surface area contributed by atoms with Gasteiger partial charge in [-0.2, -0.15) is 0 Å². The van der Waals surface area contributed by atoms with Crippen LogP contribution in [-0.2, 0) is 0 Å². The summed E-state index contributed by atoms with van der Waals surface area (Å²) in [4.78, 5) is 0. The first kappa shape index (κ1) is 11.0. The van der Waals surface area contributed by atoms with Crippen LogP contribution in [0.2, 0.25) is 0 Å². The molecule has 0 bridgehead atoms. The summed E-state index contributed by atoms with van der Waals surface area (Å²) in [5.41, 5.74) is 5.50. The zero-order valence-corrected chi connectivity index (χ0v) is 8.68. The fraction of sp³-hybridized carbons (Fsp3) is 1.00. The monoisotopic (exact) mass is 185 g/mol. The maximum absolute atomic E-state index is 5.50. The molecule has 1 rings (SSSR count). The summed E-state index contributed by atoms with van der Waals surface area (Å²) in [6, 6.07) is 0.737. The van der Waals surface area contributed by atoms with Crippen LogP contribution in [-0.4, -0.2) is 32.2 Å². The minimum absolute atomic E-state index is 0.722. The third-order valence-corrected chi connectivity index (χ3v) is 2.75. The highest BCUT2D eigenvalue weighted by molar-refractivity contribution is 4.74. The molecule has 1 unspecified atom stereocenters. The fourth-order valence-corrected chi connectivity index (χ4v) is 1.78. The zero-order chi connectivity index (χ0) is 9.52. The fourth-order valence-electron chi connectivity index (χ4n) is 1.78. The van der Waals surface area contributed by atoms with Crippen molar-refractivity contribution in [1.29, 1.82) is 0 Å². The van der Waals surface area contributed by atoms with E-state index in [1.807, 2.05) is 0 Å². The van der Waals surface area contributed by atoms with E-state index in [2.05, 4.69) is 17.6 Å². The molecule has 1 saturated heterocycles. The van der Waals surface area contributed by atoms with Gasteiger partial charge in [-0.05, 0) is 51.4 Å². The molecule has 1 aliphatic rings. The van der Waals surface area contributed by atoms with Gasteiger partial charge in [-0.1, -0.05) is 6.92 Å². The van der Waals surface area contributed by atoms with E-state index in [1.165, 1.54) is 25.9 Å². The van der Waals surface area contributed by atoms with Gasteiger partial charge in [-0.3, -0.25) is 0 Å². The van der Waals surface area contributed by atoms with E-state index < -0.39 is 0 Å². The average Bonchev–Trinajstić information content (AvgIpc) is 2.17. The molecule has 1 heterocycles. The Morgan fingerprint density at radius 1 is 1.46 bits per heavy atom. The van der Waals surface area contributed by atoms with Gasteiger partial charge >= 0.3 is 0 Å². The predicted octanol–water partition coefficient (Wildman–Crippen LogP) is 0.313. The maximum Gasteiger partial charge on any atom is 0.00913 e. The minimum Gasteiger partial charge on any atom is -0.330 e. The number of nitrogens with one attached hydrogen (secondary N) is 2. The smallest absolute Gasteiger partial charge is 0.00913 e. The van der Waals surface area contributed by atoms with E-state index in [-0.39, 0.29) is 0 Å². The van der Waals surface area contributed by atoms with Crippen LogP contribution in [0.3, 0.4) is 0 Å². The minimum atomic E-state index is 0.722. The van der Waals surface area contributed by atoms with Crippen molar-refractivity contribution in [3.63, 3.8) is 0 Å². The van der Waals surface area contributed by atoms with E-state index in [1.54, 1.807) is 0 Å². The van der Waals surface area contributed by atoms with Gasteiger partial charge in [-0.25, -0.2) is 0 Å². The van der Waals surface area contributed by atoms with E-state index in [4.69, 9.17) is 5.73 Å². The quantitative estimate of drug-likeness (QED) is 0.578. The molecule has 78 valence electrons. The highest BCUT2D eigenvalue weighted by atomic mass is 15.0. The molecule has 4 N–H and O–H groups in total. The van der Waals surface area contributed by atoms with E-state index in [9.17, 15) is 0 Å². The summed E-state index contributed by atoms with van der Waals surface area (Å²) in [6.45, 7) is 6.55. The molecular weight excluding hydrogens is 162 g/mol. The van der Waals surface area contributed by atoms with Crippen LogP contribution in [0.4, 0.5) is 0 Å². The Labute approximate surface area is 81.5 Å². The lowest BCUT2D eigenvalue weighted by Gasteiger charge is -2.25. The van der Waals surface area contributed by atoms with Crippen molar-refractivity contribution in [3.05, 3.63) is 0 Å². The summed E-state index contributed by atoms with van der Waals surface area (Å²) >= 11 is 0. The first-order chi connectivity index (χ1) is 6.33. The van der Waals surface area contributed by atoms with E-state index in [0.717, 1.165) is 31.5 Å². The van der Waals surface area contributed by atoms with E-state index >= 15 is 0 Å². The Hall–Kier alpha value is -0.120. The van der Waals surface area contributed by atoms with Crippen LogP contribution in [0, 0.1) is 5.92 Å². The molecule has 0 aromatic carbocycles. The normalized spacial score (nSPS) is 21.7. The molecular formula is C10H23N3. The van der Waals surface area contributed by atoms with Gasteiger partial charge in [0.1, 0.15) is 0 Å². The van der Waals surface area contributed by atoms with Crippen molar-refractivity contribution in [3.8, 4) is 0 Å². The molecule has 1 aliphatic heterocycles. The van der Waals surface area contributed by atoms with Gasteiger partial charge in [-0.15, -0.1) is 0 Å². The number of hydrogen-bond donors (Lipinski definition) is 3. The molecule has 1 fully saturated rings. The van der Waals surface area contributed by atoms with E-state index in [0.29, 0.717) is 0 Å². The predicted molar refractivity (Wildman–Crippen MR) is 56.7 cm³/mol. The second-order valence-electron chi connectivity index (χ2n) is 4.12. The van der Waals surface area contributed by atoms with Crippen LogP contribution < -0.4 is 16.4 Å². The molecule has 13 heavy (non-hydrogen) atoms. The van der Waals surface area contributed by atoms with Gasteiger partial charge in [0.15, 0.2) is 0 Å². The standard InChI is InChI=1S/C10H23N3/c1-9(2-5-11)8-13-10-3-6-12-7-4-10/h9-10,12-13H,2-8,11H2,1H3. The molecule has 0 radical (unpaired) electrons. The molecule has 0 aliphatic carbocycles. The third kappa shape index (κ3) is 4.60. The van der Waals surface area contributed by atoms with Crippen molar-refractivity contribution >= 4 is 0 Å². The number of piperidine rings is 1. The molecule has 0 amide bonds. The van der Waals surface area contributed by atoms with Gasteiger partial charge < -0.3 is 16.4 Å². The third-order valence-electron chi connectivity index (χ3n) is 2.75. The summed E-state index contributed by atoms with van der Waals surface area (Å²) in [5, 5.41) is 6.98. The Morgan fingerprint density at radius 3 is 2.77 bits per heavy atom. The number of nitrogens with two attached hydrogens (primary N) is 1. The van der Waals surface area contributed by atoms with Gasteiger partial charge in [0.25, 0.3) is 0 Å². The molecule has 1 atom stereocenters. The number of rotatable bonds is 5. The van der Waals surface area contributed by atoms with Crippen molar-refractivity contribution in [1.82, 2.24) is 10.6 Å². The van der Waals surface area contributed by atoms with Crippen molar-refractivity contribution in [2.24, 2.45) is 11.7 Å². The van der Waals surface area contributed by atoms with Crippen LogP contribution in [0.25, 0.3) is 0 Å². The average molecular weight is 185 g/mol. The zero-order valence-electron chi connectivity index (χ0n) is 8.68. The molecule has 0 saturated carbocycles. The Kier molecular flexibility index (Phi) is 5.35. The Balaban J connectivity index is 2.03. The summed E-state index contributed by atoms with van der Waals surface area (Å²) in [5.74, 6) is 0.722. The van der Waals surface area contributed by atoms with Crippen LogP contribution in [0.1, 0.15) is 26.2 Å². The van der Waals surface area contributed by atoms with Crippen molar-refractivity contribution in [2.45, 2.75) is 32.2 Å². The summed E-state index contributed by atoms with van der Waals surface area (Å²) in [7, 11) is 0. The van der Waals surface area contributed by atoms with Gasteiger partial charge in [0, 0.05) is 6.04 Å². The first-order valence-corrected chi connectivity index (χ1v) is 5.47. The molecule has 3 nitrogen and oxygen atoms in total. The second kappa shape index (κ2) is 6.35. The van der Waals surface area contributed by atoms with Gasteiger partial charge in [0.05, 0.1) is 0 Å². The lowest BCUT2D eigenvalue weighted by molar-refractivity contribution is 0.359. The lowest BCUT2D eigenvalue weighted by atomic mass is 10.0. The molecule has 3 heteroatoms. The van der Waals surface area contributed by atoms with Crippen LogP contribution in [0.15, 0.2) is 0 Å². The summed E-state index contributed by atoms with van der Waals surface area (Å²) < 4.78 is 0. The van der Waals surface area contributed by atoms with Gasteiger partial charge in [0.2, 0.25) is 0 Å². The Morgan fingerprint density at radius 2 is 2.15 bits per heavy atom. The number of hydrogen-bond acceptors (Lipinski definition) is 3. The lowest BCUT2D eigenvalue weighted by Crippen LogP contribution is -2.41. The van der Waals surface area contributed by atoms with Crippen molar-refractivity contribution < 1.29 is 0 Å². The van der Waals surface area contributed by atoms with Crippen LogP contribution in [0.5, 0.6) is 0 Å². The summed E-state index contributed by atoms with van der Waals surface area (Å²) in [6.07, 6.45) is 3.68. The largest absolute Gasteiger partial charge is 0.330 e. The SMILES string of the molecule is CC(CCN)CNC1CCNCC1. The highest BCUT2D eigenvalue weighted by Crippen LogP contribution is 2.04. The molecule has 0 spiro atoms.